The number of fused-ring (bicyclic) bond motifs is 1. The molecule has 3 N–H and O–H groups in total. The number of hydrogen-bond acceptors (Lipinski definition) is 4. The summed E-state index contributed by atoms with van der Waals surface area (Å²) in [6.45, 7) is 1.94. The molecule has 0 aliphatic carbocycles. The summed E-state index contributed by atoms with van der Waals surface area (Å²) in [5.41, 5.74) is 7.51. The van der Waals surface area contributed by atoms with Crippen molar-refractivity contribution in [3.05, 3.63) is 55.6 Å². The van der Waals surface area contributed by atoms with Gasteiger partial charge in [-0.2, -0.15) is 0 Å². The number of H-pyrrole nitrogens is 1. The Labute approximate surface area is 124 Å². The maximum absolute atomic E-state index is 11.9. The summed E-state index contributed by atoms with van der Waals surface area (Å²) in [6, 6.07) is 7.70. The van der Waals surface area contributed by atoms with Gasteiger partial charge in [0.05, 0.1) is 5.39 Å². The van der Waals surface area contributed by atoms with Gasteiger partial charge in [-0.05, 0) is 30.2 Å². The van der Waals surface area contributed by atoms with Crippen LogP contribution in [0.1, 0.15) is 16.0 Å². The van der Waals surface area contributed by atoms with Crippen molar-refractivity contribution >= 4 is 39.1 Å². The van der Waals surface area contributed by atoms with Crippen LogP contribution in [0.15, 0.2) is 29.1 Å². The van der Waals surface area contributed by atoms with Crippen molar-refractivity contribution in [3.8, 4) is 0 Å². The highest BCUT2D eigenvalue weighted by Crippen LogP contribution is 2.29. The van der Waals surface area contributed by atoms with E-state index in [9.17, 15) is 4.79 Å². The third-order valence-electron chi connectivity index (χ3n) is 3.20. The molecule has 102 valence electrons. The Hall–Kier alpha value is -1.85. The third-order valence-corrected chi connectivity index (χ3v) is 4.63. The molecule has 2 heterocycles. The van der Waals surface area contributed by atoms with Crippen molar-refractivity contribution in [3.63, 3.8) is 0 Å². The van der Waals surface area contributed by atoms with Crippen molar-refractivity contribution < 1.29 is 0 Å². The molecule has 3 aromatic rings. The van der Waals surface area contributed by atoms with Crippen LogP contribution in [0, 0.1) is 6.92 Å². The van der Waals surface area contributed by atoms with Gasteiger partial charge in [0.25, 0.3) is 5.56 Å². The third kappa shape index (κ3) is 2.30. The van der Waals surface area contributed by atoms with Crippen molar-refractivity contribution in [1.29, 1.82) is 0 Å². The first kappa shape index (κ1) is 13.1. The van der Waals surface area contributed by atoms with E-state index in [0.29, 0.717) is 15.2 Å². The van der Waals surface area contributed by atoms with Gasteiger partial charge < -0.3 is 5.73 Å². The van der Waals surface area contributed by atoms with Crippen LogP contribution in [0.5, 0.6) is 0 Å². The minimum absolute atomic E-state index is 0.154. The lowest BCUT2D eigenvalue weighted by Gasteiger charge is -2.00. The topological polar surface area (TPSA) is 71.8 Å². The van der Waals surface area contributed by atoms with E-state index in [1.54, 1.807) is 0 Å². The lowest BCUT2D eigenvalue weighted by atomic mass is 10.1. The maximum Gasteiger partial charge on any atom is 0.261 e. The zero-order valence-corrected chi connectivity index (χ0v) is 12.3. The van der Waals surface area contributed by atoms with Gasteiger partial charge in [-0.25, -0.2) is 4.98 Å². The van der Waals surface area contributed by atoms with E-state index in [0.717, 1.165) is 22.4 Å². The lowest BCUT2D eigenvalue weighted by Crippen LogP contribution is -2.10. The Kier molecular flexibility index (Phi) is 3.23. The number of aryl methyl sites for hydroxylation is 1. The quantitative estimate of drug-likeness (QED) is 0.764. The van der Waals surface area contributed by atoms with Crippen LogP contribution < -0.4 is 11.3 Å². The molecule has 3 rings (SSSR count). The average Bonchev–Trinajstić information content (AvgIpc) is 2.69. The van der Waals surface area contributed by atoms with E-state index in [2.05, 4.69) is 9.97 Å². The fraction of sp³-hybridized carbons (Fsp3) is 0.143. The maximum atomic E-state index is 11.9. The summed E-state index contributed by atoms with van der Waals surface area (Å²) in [6.07, 6.45) is 0.753. The number of anilines is 1. The highest BCUT2D eigenvalue weighted by Gasteiger charge is 2.13. The van der Waals surface area contributed by atoms with Gasteiger partial charge in [0.15, 0.2) is 0 Å². The number of nitrogens with one attached hydrogen (secondary N) is 1. The molecule has 2 aromatic heterocycles. The summed E-state index contributed by atoms with van der Waals surface area (Å²) in [4.78, 5) is 20.5. The number of aromatic amines is 1. The Bertz CT molecular complexity index is 836. The number of nitrogens with zero attached hydrogens (tertiary/aromatic N) is 1. The van der Waals surface area contributed by atoms with E-state index in [4.69, 9.17) is 17.3 Å². The Morgan fingerprint density at radius 3 is 2.75 bits per heavy atom. The van der Waals surface area contributed by atoms with Gasteiger partial charge >= 0.3 is 0 Å². The molecule has 20 heavy (non-hydrogen) atoms. The fourth-order valence-corrected chi connectivity index (χ4v) is 3.51. The first-order valence-corrected chi connectivity index (χ1v) is 7.26. The zero-order valence-electron chi connectivity index (χ0n) is 10.7. The summed E-state index contributed by atoms with van der Waals surface area (Å²) >= 11 is 7.39. The summed E-state index contributed by atoms with van der Waals surface area (Å²) in [7, 11) is 0. The normalized spacial score (nSPS) is 11.1. The van der Waals surface area contributed by atoms with Gasteiger partial charge in [-0.15, -0.1) is 11.3 Å². The van der Waals surface area contributed by atoms with E-state index < -0.39 is 0 Å². The monoisotopic (exact) mass is 305 g/mol. The number of halogens is 1. The number of rotatable bonds is 2. The molecule has 6 heteroatoms. The van der Waals surface area contributed by atoms with Crippen molar-refractivity contribution in [2.45, 2.75) is 13.3 Å². The molecule has 0 saturated heterocycles. The van der Waals surface area contributed by atoms with E-state index in [1.165, 1.54) is 11.3 Å². The van der Waals surface area contributed by atoms with Gasteiger partial charge in [0, 0.05) is 16.3 Å². The second-order valence-corrected chi connectivity index (χ2v) is 6.10. The SMILES string of the molecule is Cc1c(Cc2ccc(Cl)cc2)sc2nc(N)[nH]c(=O)c12. The lowest BCUT2D eigenvalue weighted by molar-refractivity contribution is 1.18. The smallest absolute Gasteiger partial charge is 0.261 e. The van der Waals surface area contributed by atoms with Gasteiger partial charge in [-0.1, -0.05) is 23.7 Å². The van der Waals surface area contributed by atoms with Gasteiger partial charge in [-0.3, -0.25) is 9.78 Å². The molecule has 0 aliphatic rings. The predicted octanol–water partition coefficient (Wildman–Crippen LogP) is 3.12. The summed E-state index contributed by atoms with van der Waals surface area (Å²) in [5.74, 6) is 0.154. The van der Waals surface area contributed by atoms with Crippen molar-refractivity contribution in [2.24, 2.45) is 0 Å². The molecule has 0 unspecified atom stereocenters. The molecule has 1 aromatic carbocycles. The van der Waals surface area contributed by atoms with E-state index >= 15 is 0 Å². The molecular formula is C14H12ClN3OS. The minimum Gasteiger partial charge on any atom is -0.369 e. The molecule has 0 saturated carbocycles. The Morgan fingerprint density at radius 1 is 1.35 bits per heavy atom. The molecule has 0 spiro atoms. The van der Waals surface area contributed by atoms with Crippen molar-refractivity contribution in [2.75, 3.05) is 5.73 Å². The van der Waals surface area contributed by atoms with Crippen LogP contribution in [0.2, 0.25) is 5.02 Å². The van der Waals surface area contributed by atoms with E-state index in [-0.39, 0.29) is 11.5 Å². The molecule has 0 aliphatic heterocycles. The Balaban J connectivity index is 2.08. The molecule has 0 radical (unpaired) electrons. The summed E-state index contributed by atoms with van der Waals surface area (Å²) in [5, 5.41) is 1.35. The first-order valence-electron chi connectivity index (χ1n) is 6.07. The van der Waals surface area contributed by atoms with Crippen molar-refractivity contribution in [1.82, 2.24) is 9.97 Å². The van der Waals surface area contributed by atoms with Crippen LogP contribution in [0.3, 0.4) is 0 Å². The highest BCUT2D eigenvalue weighted by atomic mass is 35.5. The number of nitrogen functional groups attached to an aromatic ring is 1. The van der Waals surface area contributed by atoms with Crippen LogP contribution in [0.4, 0.5) is 5.95 Å². The predicted molar refractivity (Wildman–Crippen MR) is 83.6 cm³/mol. The number of hydrogen-bond donors (Lipinski definition) is 2. The zero-order chi connectivity index (χ0) is 14.3. The molecule has 0 fully saturated rings. The minimum atomic E-state index is -0.177. The average molecular weight is 306 g/mol. The molecular weight excluding hydrogens is 294 g/mol. The molecule has 4 nitrogen and oxygen atoms in total. The number of benzene rings is 1. The molecule has 0 atom stereocenters. The number of thiophene rings is 1. The largest absolute Gasteiger partial charge is 0.369 e. The van der Waals surface area contributed by atoms with Crippen LogP contribution in [0.25, 0.3) is 10.2 Å². The first-order chi connectivity index (χ1) is 9.54. The molecule has 0 bridgehead atoms. The number of nitrogens with two attached hydrogens (primary N) is 1. The van der Waals surface area contributed by atoms with Gasteiger partial charge in [0.2, 0.25) is 5.95 Å². The second kappa shape index (κ2) is 4.92. The Morgan fingerprint density at radius 2 is 2.05 bits per heavy atom. The fourth-order valence-electron chi connectivity index (χ4n) is 2.16. The van der Waals surface area contributed by atoms with Crippen LogP contribution in [-0.4, -0.2) is 9.97 Å². The van der Waals surface area contributed by atoms with Gasteiger partial charge in [0.1, 0.15) is 4.83 Å². The second-order valence-electron chi connectivity index (χ2n) is 4.58. The van der Waals surface area contributed by atoms with Crippen LogP contribution >= 0.6 is 22.9 Å². The molecule has 0 amide bonds. The number of aromatic nitrogens is 2. The van der Waals surface area contributed by atoms with E-state index in [1.807, 2.05) is 31.2 Å². The standard InChI is InChI=1S/C14H12ClN3OS/c1-7-10(6-8-2-4-9(15)5-3-8)20-13-11(7)12(19)17-14(16)18-13/h2-5H,6H2,1H3,(H3,16,17,18,19). The van der Waals surface area contributed by atoms with Crippen LogP contribution in [-0.2, 0) is 6.42 Å². The summed E-state index contributed by atoms with van der Waals surface area (Å²) < 4.78 is 0. The highest BCUT2D eigenvalue weighted by molar-refractivity contribution is 7.18.